The lowest BCUT2D eigenvalue weighted by Crippen LogP contribution is -2.45. The molecule has 5 heteroatoms. The van der Waals surface area contributed by atoms with Crippen molar-refractivity contribution in [1.82, 2.24) is 9.97 Å². The van der Waals surface area contributed by atoms with Crippen molar-refractivity contribution in [3.63, 3.8) is 0 Å². The zero-order valence-electron chi connectivity index (χ0n) is 9.49. The summed E-state index contributed by atoms with van der Waals surface area (Å²) in [4.78, 5) is 10.8. The van der Waals surface area contributed by atoms with Crippen LogP contribution in [0.5, 0.6) is 0 Å². The molecule has 1 saturated heterocycles. The van der Waals surface area contributed by atoms with E-state index in [2.05, 4.69) is 14.9 Å². The Morgan fingerprint density at radius 2 is 2.38 bits per heavy atom. The molecule has 1 aliphatic heterocycles. The van der Waals surface area contributed by atoms with Crippen LogP contribution < -0.4 is 10.6 Å². The number of nitrogens with two attached hydrogens (primary N) is 1. The predicted molar refractivity (Wildman–Crippen MR) is 65.8 cm³/mol. The van der Waals surface area contributed by atoms with Gasteiger partial charge in [0.2, 0.25) is 5.95 Å². The van der Waals surface area contributed by atoms with Gasteiger partial charge in [0, 0.05) is 30.9 Å². The van der Waals surface area contributed by atoms with Crippen molar-refractivity contribution in [2.45, 2.75) is 32.2 Å². The quantitative estimate of drug-likeness (QED) is 0.801. The van der Waals surface area contributed by atoms with E-state index >= 15 is 0 Å². The SMILES string of the molecule is Cc1cnc(N2CCCC[C@@H]2CN)nc1Cl. The predicted octanol–water partition coefficient (Wildman–Crippen LogP) is 1.76. The lowest BCUT2D eigenvalue weighted by atomic mass is 10.0. The van der Waals surface area contributed by atoms with Crippen LogP contribution in [0.25, 0.3) is 0 Å². The van der Waals surface area contributed by atoms with E-state index < -0.39 is 0 Å². The van der Waals surface area contributed by atoms with Crippen molar-refractivity contribution in [2.75, 3.05) is 18.0 Å². The van der Waals surface area contributed by atoms with Gasteiger partial charge in [-0.25, -0.2) is 9.97 Å². The molecule has 0 saturated carbocycles. The van der Waals surface area contributed by atoms with Crippen LogP contribution in [0.1, 0.15) is 24.8 Å². The van der Waals surface area contributed by atoms with E-state index in [0.717, 1.165) is 18.5 Å². The summed E-state index contributed by atoms with van der Waals surface area (Å²) in [5.41, 5.74) is 6.68. The molecular weight excluding hydrogens is 224 g/mol. The number of hydrogen-bond acceptors (Lipinski definition) is 4. The van der Waals surface area contributed by atoms with Gasteiger partial charge in [-0.1, -0.05) is 11.6 Å². The summed E-state index contributed by atoms with van der Waals surface area (Å²) in [6.45, 7) is 3.53. The molecule has 1 atom stereocenters. The molecule has 1 aromatic heterocycles. The van der Waals surface area contributed by atoms with Gasteiger partial charge in [0.1, 0.15) is 5.15 Å². The largest absolute Gasteiger partial charge is 0.337 e. The summed E-state index contributed by atoms with van der Waals surface area (Å²) in [7, 11) is 0. The van der Waals surface area contributed by atoms with E-state index in [1.807, 2.05) is 6.92 Å². The van der Waals surface area contributed by atoms with Gasteiger partial charge in [-0.05, 0) is 26.2 Å². The number of nitrogens with zero attached hydrogens (tertiary/aromatic N) is 3. The minimum Gasteiger partial charge on any atom is -0.337 e. The van der Waals surface area contributed by atoms with E-state index in [-0.39, 0.29) is 0 Å². The van der Waals surface area contributed by atoms with E-state index in [1.165, 1.54) is 12.8 Å². The number of anilines is 1. The lowest BCUT2D eigenvalue weighted by Gasteiger charge is -2.35. The Labute approximate surface area is 101 Å². The molecular formula is C11H17ClN4. The second-order valence-corrected chi connectivity index (χ2v) is 4.58. The molecule has 88 valence electrons. The summed E-state index contributed by atoms with van der Waals surface area (Å²) >= 11 is 6.01. The van der Waals surface area contributed by atoms with Gasteiger partial charge >= 0.3 is 0 Å². The van der Waals surface area contributed by atoms with Crippen LogP contribution in [0.4, 0.5) is 5.95 Å². The van der Waals surface area contributed by atoms with Crippen LogP contribution in [0.2, 0.25) is 5.15 Å². The minimum atomic E-state index is 0.354. The van der Waals surface area contributed by atoms with Crippen LogP contribution in [0, 0.1) is 6.92 Å². The topological polar surface area (TPSA) is 55.0 Å². The zero-order chi connectivity index (χ0) is 11.5. The molecule has 0 aliphatic carbocycles. The fraction of sp³-hybridized carbons (Fsp3) is 0.636. The van der Waals surface area contributed by atoms with Gasteiger partial charge < -0.3 is 10.6 Å². The maximum Gasteiger partial charge on any atom is 0.227 e. The molecule has 0 unspecified atom stereocenters. The Bertz CT molecular complexity index is 369. The summed E-state index contributed by atoms with van der Waals surface area (Å²) < 4.78 is 0. The van der Waals surface area contributed by atoms with E-state index in [0.29, 0.717) is 23.7 Å². The fourth-order valence-electron chi connectivity index (χ4n) is 2.06. The van der Waals surface area contributed by atoms with Crippen LogP contribution in [-0.2, 0) is 0 Å². The lowest BCUT2D eigenvalue weighted by molar-refractivity contribution is 0.458. The average Bonchev–Trinajstić information content (AvgIpc) is 2.32. The number of rotatable bonds is 2. The number of piperidine rings is 1. The highest BCUT2D eigenvalue weighted by Gasteiger charge is 2.23. The minimum absolute atomic E-state index is 0.354. The van der Waals surface area contributed by atoms with Gasteiger partial charge in [0.05, 0.1) is 0 Å². The van der Waals surface area contributed by atoms with Crippen molar-refractivity contribution in [2.24, 2.45) is 5.73 Å². The second-order valence-electron chi connectivity index (χ2n) is 4.22. The van der Waals surface area contributed by atoms with E-state index in [1.54, 1.807) is 6.20 Å². The summed E-state index contributed by atoms with van der Waals surface area (Å²) in [5, 5.41) is 0.534. The Hall–Kier alpha value is -0.870. The monoisotopic (exact) mass is 240 g/mol. The van der Waals surface area contributed by atoms with Crippen molar-refractivity contribution in [3.05, 3.63) is 16.9 Å². The summed E-state index contributed by atoms with van der Waals surface area (Å²) in [5.74, 6) is 0.714. The van der Waals surface area contributed by atoms with Gasteiger partial charge in [-0.3, -0.25) is 0 Å². The third-order valence-corrected chi connectivity index (χ3v) is 3.44. The third-order valence-electron chi connectivity index (χ3n) is 3.05. The van der Waals surface area contributed by atoms with E-state index in [4.69, 9.17) is 17.3 Å². The van der Waals surface area contributed by atoms with Gasteiger partial charge in [-0.2, -0.15) is 0 Å². The average molecular weight is 241 g/mol. The highest BCUT2D eigenvalue weighted by molar-refractivity contribution is 6.30. The molecule has 0 aromatic carbocycles. The standard InChI is InChI=1S/C11H17ClN4/c1-8-7-14-11(15-10(8)12)16-5-3-2-4-9(16)6-13/h7,9H,2-6,13H2,1H3/t9-/m1/s1. The smallest absolute Gasteiger partial charge is 0.227 e. The van der Waals surface area contributed by atoms with Crippen LogP contribution in [-0.4, -0.2) is 29.1 Å². The molecule has 1 aromatic rings. The first-order valence-electron chi connectivity index (χ1n) is 5.68. The molecule has 0 amide bonds. The number of aromatic nitrogens is 2. The number of halogens is 1. The van der Waals surface area contributed by atoms with Crippen molar-refractivity contribution >= 4 is 17.5 Å². The van der Waals surface area contributed by atoms with Crippen LogP contribution >= 0.6 is 11.6 Å². The molecule has 0 bridgehead atoms. The highest BCUT2D eigenvalue weighted by Crippen LogP contribution is 2.23. The fourth-order valence-corrected chi connectivity index (χ4v) is 2.18. The Kier molecular flexibility index (Phi) is 3.61. The highest BCUT2D eigenvalue weighted by atomic mass is 35.5. The summed E-state index contributed by atoms with van der Waals surface area (Å²) in [6.07, 6.45) is 5.29. The van der Waals surface area contributed by atoms with Gasteiger partial charge in [0.15, 0.2) is 0 Å². The van der Waals surface area contributed by atoms with Gasteiger partial charge in [0.25, 0.3) is 0 Å². The molecule has 0 spiro atoms. The van der Waals surface area contributed by atoms with Crippen LogP contribution in [0.3, 0.4) is 0 Å². The van der Waals surface area contributed by atoms with Crippen molar-refractivity contribution in [3.8, 4) is 0 Å². The van der Waals surface area contributed by atoms with Crippen molar-refractivity contribution in [1.29, 1.82) is 0 Å². The van der Waals surface area contributed by atoms with E-state index in [9.17, 15) is 0 Å². The van der Waals surface area contributed by atoms with Crippen LogP contribution in [0.15, 0.2) is 6.20 Å². The normalized spacial score (nSPS) is 21.2. The summed E-state index contributed by atoms with van der Waals surface area (Å²) in [6, 6.07) is 0.354. The zero-order valence-corrected chi connectivity index (χ0v) is 10.2. The molecule has 4 nitrogen and oxygen atoms in total. The third kappa shape index (κ3) is 2.28. The number of aryl methyl sites for hydroxylation is 1. The van der Waals surface area contributed by atoms with Gasteiger partial charge in [-0.15, -0.1) is 0 Å². The Morgan fingerprint density at radius 3 is 3.06 bits per heavy atom. The molecule has 2 rings (SSSR count). The molecule has 1 fully saturated rings. The number of hydrogen-bond donors (Lipinski definition) is 1. The maximum absolute atomic E-state index is 6.01. The maximum atomic E-state index is 6.01. The molecule has 2 heterocycles. The first-order chi connectivity index (χ1) is 7.72. The Balaban J connectivity index is 2.23. The Morgan fingerprint density at radius 1 is 1.56 bits per heavy atom. The second kappa shape index (κ2) is 4.97. The molecule has 1 aliphatic rings. The first kappa shape index (κ1) is 11.6. The molecule has 0 radical (unpaired) electrons. The van der Waals surface area contributed by atoms with Crippen molar-refractivity contribution < 1.29 is 0 Å². The molecule has 16 heavy (non-hydrogen) atoms. The first-order valence-corrected chi connectivity index (χ1v) is 6.06. The molecule has 2 N–H and O–H groups in total.